The van der Waals surface area contributed by atoms with Crippen molar-refractivity contribution in [3.05, 3.63) is 17.8 Å². The number of halogens is 3. The van der Waals surface area contributed by atoms with Crippen molar-refractivity contribution in [3.8, 4) is 11.4 Å². The molecule has 4 heterocycles. The van der Waals surface area contributed by atoms with E-state index in [-0.39, 0.29) is 29.3 Å². The largest absolute Gasteiger partial charge is 0.417 e. The Balaban J connectivity index is 1.86. The van der Waals surface area contributed by atoms with Gasteiger partial charge >= 0.3 is 6.18 Å². The lowest BCUT2D eigenvalue weighted by molar-refractivity contribution is -0.137. The van der Waals surface area contributed by atoms with E-state index in [1.165, 1.54) is 0 Å². The molecule has 2 aliphatic heterocycles. The first kappa shape index (κ1) is 22.5. The lowest BCUT2D eigenvalue weighted by atomic mass is 10.1. The molecule has 11 heteroatoms. The highest BCUT2D eigenvalue weighted by atomic mass is 19.4. The summed E-state index contributed by atoms with van der Waals surface area (Å²) < 4.78 is 47.0. The molecule has 0 bridgehead atoms. The van der Waals surface area contributed by atoms with Gasteiger partial charge < -0.3 is 20.3 Å². The summed E-state index contributed by atoms with van der Waals surface area (Å²) >= 11 is 0. The van der Waals surface area contributed by atoms with Crippen LogP contribution < -0.4 is 15.5 Å². The van der Waals surface area contributed by atoms with Crippen LogP contribution in [-0.2, 0) is 10.9 Å². The highest BCUT2D eigenvalue weighted by Crippen LogP contribution is 2.37. The maximum absolute atomic E-state index is 13.8. The van der Waals surface area contributed by atoms with Crippen LogP contribution in [0.2, 0.25) is 0 Å². The fourth-order valence-corrected chi connectivity index (χ4v) is 4.28. The molecule has 0 spiro atoms. The second kappa shape index (κ2) is 9.05. The first-order valence-electron chi connectivity index (χ1n) is 10.9. The van der Waals surface area contributed by atoms with Gasteiger partial charge in [0.1, 0.15) is 5.82 Å². The Morgan fingerprint density at radius 1 is 0.969 bits per heavy atom. The monoisotopic (exact) mass is 451 g/mol. The molecule has 2 N–H and O–H groups in total. The Labute approximate surface area is 185 Å². The number of anilines is 3. The zero-order valence-electron chi connectivity index (χ0n) is 18.3. The molecule has 4 rings (SSSR count). The lowest BCUT2D eigenvalue weighted by Gasteiger charge is -2.39. The molecule has 174 valence electrons. The van der Waals surface area contributed by atoms with E-state index in [0.29, 0.717) is 25.1 Å². The van der Waals surface area contributed by atoms with Gasteiger partial charge in [0.15, 0.2) is 5.82 Å². The van der Waals surface area contributed by atoms with Gasteiger partial charge in [0.25, 0.3) is 0 Å². The van der Waals surface area contributed by atoms with Crippen LogP contribution in [0, 0.1) is 0 Å². The van der Waals surface area contributed by atoms with Crippen molar-refractivity contribution in [1.29, 1.82) is 0 Å². The van der Waals surface area contributed by atoms with Gasteiger partial charge in [-0.2, -0.15) is 28.1 Å². The molecule has 0 radical (unpaired) electrons. The second-order valence-corrected chi connectivity index (χ2v) is 8.46. The Bertz CT molecular complexity index is 937. The number of ether oxygens (including phenoxy) is 1. The Kier molecular flexibility index (Phi) is 6.36. The van der Waals surface area contributed by atoms with Gasteiger partial charge in [0.05, 0.1) is 36.4 Å². The lowest BCUT2D eigenvalue weighted by Crippen LogP contribution is -2.50. The van der Waals surface area contributed by atoms with Crippen molar-refractivity contribution in [3.63, 3.8) is 0 Å². The Hall–Kier alpha value is -2.69. The minimum Gasteiger partial charge on any atom is -0.384 e. The van der Waals surface area contributed by atoms with Crippen molar-refractivity contribution in [1.82, 2.24) is 19.9 Å². The number of nitrogens with two attached hydrogens (primary N) is 1. The first-order chi connectivity index (χ1) is 15.2. The number of aromatic nitrogens is 4. The molecule has 2 aliphatic rings. The predicted molar refractivity (Wildman–Crippen MR) is 115 cm³/mol. The van der Waals surface area contributed by atoms with Crippen molar-refractivity contribution < 1.29 is 17.9 Å². The molecule has 0 aliphatic carbocycles. The molecule has 2 aromatic rings. The second-order valence-electron chi connectivity index (χ2n) is 8.46. The standard InChI is InChI=1S/C21H28F3N7O/c1-13-11-32-12-14(2)31(13)20-28-18(15-10-26-17(25)9-16(15)21(22,23)24)27-19(29-20)30-7-5-3-4-6-8-30/h9-10,13-14H,3-8,11-12H2,1-2H3,(H2,25,26)/t13-,14-/m1/s1. The van der Waals surface area contributed by atoms with Crippen LogP contribution in [0.15, 0.2) is 12.3 Å². The third kappa shape index (κ3) is 4.72. The summed E-state index contributed by atoms with van der Waals surface area (Å²) in [7, 11) is 0. The number of hydrogen-bond acceptors (Lipinski definition) is 8. The molecular weight excluding hydrogens is 423 g/mol. The van der Waals surface area contributed by atoms with Crippen molar-refractivity contribution in [2.45, 2.75) is 57.8 Å². The quantitative estimate of drug-likeness (QED) is 0.758. The van der Waals surface area contributed by atoms with Crippen LogP contribution in [0.25, 0.3) is 11.4 Å². The molecule has 2 atom stereocenters. The third-order valence-corrected chi connectivity index (χ3v) is 5.87. The molecule has 0 aromatic carbocycles. The summed E-state index contributed by atoms with van der Waals surface area (Å²) in [6, 6.07) is 0.764. The number of nitrogens with zero attached hydrogens (tertiary/aromatic N) is 6. The van der Waals surface area contributed by atoms with E-state index in [1.807, 2.05) is 23.6 Å². The number of hydrogen-bond donors (Lipinski definition) is 1. The van der Waals surface area contributed by atoms with E-state index in [9.17, 15) is 13.2 Å². The van der Waals surface area contributed by atoms with Crippen LogP contribution in [0.1, 0.15) is 45.1 Å². The van der Waals surface area contributed by atoms with E-state index in [1.54, 1.807) is 0 Å². The van der Waals surface area contributed by atoms with Gasteiger partial charge in [-0.05, 0) is 32.8 Å². The predicted octanol–water partition coefficient (Wildman–Crippen LogP) is 3.53. The number of morpholine rings is 1. The topological polar surface area (TPSA) is 93.3 Å². The number of nitrogen functional groups attached to an aromatic ring is 1. The maximum atomic E-state index is 13.8. The fourth-order valence-electron chi connectivity index (χ4n) is 4.28. The summed E-state index contributed by atoms with van der Waals surface area (Å²) in [4.78, 5) is 21.6. The third-order valence-electron chi connectivity index (χ3n) is 5.87. The van der Waals surface area contributed by atoms with E-state index < -0.39 is 11.7 Å². The van der Waals surface area contributed by atoms with Gasteiger partial charge in [-0.25, -0.2) is 4.98 Å². The Morgan fingerprint density at radius 3 is 2.22 bits per heavy atom. The molecule has 0 amide bonds. The highest BCUT2D eigenvalue weighted by Gasteiger charge is 2.36. The summed E-state index contributed by atoms with van der Waals surface area (Å²) in [6.45, 7) is 6.45. The van der Waals surface area contributed by atoms with Crippen molar-refractivity contribution in [2.24, 2.45) is 0 Å². The number of alkyl halides is 3. The SMILES string of the molecule is C[C@@H]1COC[C@@H](C)N1c1nc(-c2cnc(N)cc2C(F)(F)F)nc(N2CCCCCC2)n1. The summed E-state index contributed by atoms with van der Waals surface area (Å²) in [6.07, 6.45) is 0.658. The van der Waals surface area contributed by atoms with Crippen LogP contribution in [-0.4, -0.2) is 58.3 Å². The van der Waals surface area contributed by atoms with Crippen molar-refractivity contribution >= 4 is 17.7 Å². The molecule has 2 aromatic heterocycles. The van der Waals surface area contributed by atoms with Crippen LogP contribution in [0.5, 0.6) is 0 Å². The molecule has 2 fully saturated rings. The molecular formula is C21H28F3N7O. The maximum Gasteiger partial charge on any atom is 0.417 e. The first-order valence-corrected chi connectivity index (χ1v) is 10.9. The highest BCUT2D eigenvalue weighted by molar-refractivity contribution is 5.64. The smallest absolute Gasteiger partial charge is 0.384 e. The number of pyridine rings is 1. The molecule has 2 saturated heterocycles. The summed E-state index contributed by atoms with van der Waals surface area (Å²) in [5.41, 5.74) is 4.44. The average Bonchev–Trinajstić information content (AvgIpc) is 3.02. The van der Waals surface area contributed by atoms with Gasteiger partial charge in [0, 0.05) is 19.3 Å². The van der Waals surface area contributed by atoms with E-state index in [2.05, 4.69) is 15.0 Å². The van der Waals surface area contributed by atoms with E-state index in [4.69, 9.17) is 15.5 Å². The average molecular weight is 451 g/mol. The van der Waals surface area contributed by atoms with Gasteiger partial charge in [-0.3, -0.25) is 0 Å². The van der Waals surface area contributed by atoms with Gasteiger partial charge in [0.2, 0.25) is 11.9 Å². The van der Waals surface area contributed by atoms with E-state index >= 15 is 0 Å². The zero-order valence-corrected chi connectivity index (χ0v) is 18.3. The molecule has 0 unspecified atom stereocenters. The fraction of sp³-hybridized carbons (Fsp3) is 0.619. The normalized spacial score (nSPS) is 22.7. The molecule has 32 heavy (non-hydrogen) atoms. The van der Waals surface area contributed by atoms with Gasteiger partial charge in [-0.15, -0.1) is 0 Å². The molecule has 8 nitrogen and oxygen atoms in total. The summed E-state index contributed by atoms with van der Waals surface area (Å²) in [5, 5.41) is 0. The molecule has 0 saturated carbocycles. The van der Waals surface area contributed by atoms with Crippen LogP contribution in [0.3, 0.4) is 0 Å². The van der Waals surface area contributed by atoms with Crippen molar-refractivity contribution in [2.75, 3.05) is 41.8 Å². The van der Waals surface area contributed by atoms with Gasteiger partial charge in [-0.1, -0.05) is 12.8 Å². The summed E-state index contributed by atoms with van der Waals surface area (Å²) in [5.74, 6) is 0.476. The number of rotatable bonds is 3. The minimum atomic E-state index is -4.62. The minimum absolute atomic E-state index is 0.0300. The Morgan fingerprint density at radius 2 is 1.59 bits per heavy atom. The van der Waals surface area contributed by atoms with E-state index in [0.717, 1.165) is 51.0 Å². The van der Waals surface area contributed by atoms with Crippen LogP contribution >= 0.6 is 0 Å². The van der Waals surface area contributed by atoms with Crippen LogP contribution in [0.4, 0.5) is 30.9 Å². The zero-order chi connectivity index (χ0) is 22.9.